The molecule has 1 aliphatic heterocycles. The number of nitrogens with zero attached hydrogens (tertiary/aromatic N) is 1. The zero-order valence-electron chi connectivity index (χ0n) is 16.4. The Kier molecular flexibility index (Phi) is 6.77. The van der Waals surface area contributed by atoms with Gasteiger partial charge in [-0.25, -0.2) is 0 Å². The van der Waals surface area contributed by atoms with Crippen molar-refractivity contribution in [2.75, 3.05) is 32.6 Å². The topological polar surface area (TPSA) is 67.9 Å². The molecule has 3 rings (SSSR count). The summed E-state index contributed by atoms with van der Waals surface area (Å²) < 4.78 is 10.5. The molecule has 0 atom stereocenters. The summed E-state index contributed by atoms with van der Waals surface area (Å²) >= 11 is 6.08. The third-order valence-corrected chi connectivity index (χ3v) is 4.95. The number of rotatable bonds is 6. The standard InChI is InChI=1S/C22H23ClN2O4/c1-28-17-7-9-20(29-2)15(13-17)5-10-21(26)24-19-8-6-16(23)14-18(19)22(27)25-11-3-4-12-25/h5-10,13-14H,3-4,11-12H2,1-2H3,(H,24,26). The van der Waals surface area contributed by atoms with Gasteiger partial charge in [0.1, 0.15) is 11.5 Å². The van der Waals surface area contributed by atoms with Gasteiger partial charge in [-0.2, -0.15) is 0 Å². The van der Waals surface area contributed by atoms with Crippen molar-refractivity contribution in [3.8, 4) is 11.5 Å². The molecule has 2 aromatic carbocycles. The van der Waals surface area contributed by atoms with Crippen LogP contribution in [0.15, 0.2) is 42.5 Å². The molecule has 1 heterocycles. The van der Waals surface area contributed by atoms with Crippen molar-refractivity contribution in [3.63, 3.8) is 0 Å². The highest BCUT2D eigenvalue weighted by atomic mass is 35.5. The molecule has 2 aromatic rings. The third kappa shape index (κ3) is 5.09. The zero-order valence-corrected chi connectivity index (χ0v) is 17.2. The second-order valence-corrected chi connectivity index (χ2v) is 7.06. The Balaban J connectivity index is 1.79. The maximum atomic E-state index is 12.8. The van der Waals surface area contributed by atoms with Crippen LogP contribution in [0.25, 0.3) is 6.08 Å². The molecule has 152 valence electrons. The van der Waals surface area contributed by atoms with Gasteiger partial charge < -0.3 is 19.7 Å². The summed E-state index contributed by atoms with van der Waals surface area (Å²) in [6.45, 7) is 1.43. The first-order chi connectivity index (χ1) is 14.0. The Morgan fingerprint density at radius 1 is 1.07 bits per heavy atom. The maximum Gasteiger partial charge on any atom is 0.256 e. The molecule has 0 unspecified atom stereocenters. The quantitative estimate of drug-likeness (QED) is 0.717. The lowest BCUT2D eigenvalue weighted by molar-refractivity contribution is -0.111. The molecule has 2 amide bonds. The van der Waals surface area contributed by atoms with E-state index in [0.29, 0.717) is 46.4 Å². The van der Waals surface area contributed by atoms with Crippen LogP contribution in [-0.4, -0.2) is 44.0 Å². The maximum absolute atomic E-state index is 12.8. The van der Waals surface area contributed by atoms with Gasteiger partial charge in [-0.3, -0.25) is 9.59 Å². The van der Waals surface area contributed by atoms with Crippen LogP contribution in [0.1, 0.15) is 28.8 Å². The first kappa shape index (κ1) is 20.7. The van der Waals surface area contributed by atoms with E-state index in [0.717, 1.165) is 12.8 Å². The number of amides is 2. The van der Waals surface area contributed by atoms with Crippen LogP contribution >= 0.6 is 11.6 Å². The number of anilines is 1. The molecule has 1 saturated heterocycles. The third-order valence-electron chi connectivity index (χ3n) is 4.71. The summed E-state index contributed by atoms with van der Waals surface area (Å²) in [5.74, 6) is 0.778. The number of benzene rings is 2. The van der Waals surface area contributed by atoms with E-state index in [-0.39, 0.29) is 11.8 Å². The van der Waals surface area contributed by atoms with Crippen molar-refractivity contribution in [1.82, 2.24) is 4.90 Å². The van der Waals surface area contributed by atoms with Crippen molar-refractivity contribution in [1.29, 1.82) is 0 Å². The zero-order chi connectivity index (χ0) is 20.8. The van der Waals surface area contributed by atoms with Gasteiger partial charge in [0.05, 0.1) is 25.5 Å². The summed E-state index contributed by atoms with van der Waals surface area (Å²) in [5, 5.41) is 3.22. The number of methoxy groups -OCH3 is 2. The van der Waals surface area contributed by atoms with Gasteiger partial charge in [-0.05, 0) is 55.3 Å². The van der Waals surface area contributed by atoms with Crippen LogP contribution in [0.5, 0.6) is 11.5 Å². The molecule has 29 heavy (non-hydrogen) atoms. The van der Waals surface area contributed by atoms with Gasteiger partial charge in [-0.15, -0.1) is 0 Å². The van der Waals surface area contributed by atoms with Crippen molar-refractivity contribution < 1.29 is 19.1 Å². The Hall–Kier alpha value is -2.99. The fraction of sp³-hybridized carbons (Fsp3) is 0.273. The smallest absolute Gasteiger partial charge is 0.256 e. The second kappa shape index (κ2) is 9.47. The minimum absolute atomic E-state index is 0.126. The SMILES string of the molecule is COc1ccc(OC)c(C=CC(=O)Nc2ccc(Cl)cc2C(=O)N2CCCC2)c1. The highest BCUT2D eigenvalue weighted by Crippen LogP contribution is 2.26. The van der Waals surface area contributed by atoms with E-state index < -0.39 is 0 Å². The van der Waals surface area contributed by atoms with E-state index in [9.17, 15) is 9.59 Å². The second-order valence-electron chi connectivity index (χ2n) is 6.62. The Labute approximate surface area is 175 Å². The van der Waals surface area contributed by atoms with E-state index in [4.69, 9.17) is 21.1 Å². The van der Waals surface area contributed by atoms with Gasteiger partial charge in [-0.1, -0.05) is 11.6 Å². The molecule has 0 bridgehead atoms. The summed E-state index contributed by atoms with van der Waals surface area (Å²) in [6.07, 6.45) is 4.99. The highest BCUT2D eigenvalue weighted by molar-refractivity contribution is 6.31. The largest absolute Gasteiger partial charge is 0.497 e. The lowest BCUT2D eigenvalue weighted by Gasteiger charge is -2.18. The average Bonchev–Trinajstić information content (AvgIpc) is 3.27. The molecule has 1 aliphatic rings. The molecule has 0 radical (unpaired) electrons. The number of ether oxygens (including phenoxy) is 2. The number of carbonyl (C=O) groups is 2. The van der Waals surface area contributed by atoms with Gasteiger partial charge in [0.15, 0.2) is 0 Å². The van der Waals surface area contributed by atoms with Crippen LogP contribution in [0, 0.1) is 0 Å². The Morgan fingerprint density at radius 2 is 1.83 bits per heavy atom. The molecule has 6 nitrogen and oxygen atoms in total. The Bertz CT molecular complexity index is 936. The van der Waals surface area contributed by atoms with Gasteiger partial charge in [0.25, 0.3) is 5.91 Å². The summed E-state index contributed by atoms with van der Waals surface area (Å²) in [7, 11) is 3.13. The van der Waals surface area contributed by atoms with E-state index >= 15 is 0 Å². The lowest BCUT2D eigenvalue weighted by Crippen LogP contribution is -2.28. The van der Waals surface area contributed by atoms with Crippen LogP contribution in [-0.2, 0) is 4.79 Å². The van der Waals surface area contributed by atoms with E-state index in [1.54, 1.807) is 61.6 Å². The number of likely N-dealkylation sites (tertiary alicyclic amines) is 1. The minimum Gasteiger partial charge on any atom is -0.497 e. The number of hydrogen-bond donors (Lipinski definition) is 1. The number of nitrogens with one attached hydrogen (secondary N) is 1. The van der Waals surface area contributed by atoms with Gasteiger partial charge >= 0.3 is 0 Å². The molecule has 1 N–H and O–H groups in total. The van der Waals surface area contributed by atoms with Crippen LogP contribution in [0.2, 0.25) is 5.02 Å². The van der Waals surface area contributed by atoms with Crippen LogP contribution in [0.3, 0.4) is 0 Å². The van der Waals surface area contributed by atoms with E-state index in [2.05, 4.69) is 5.32 Å². The normalized spacial score (nSPS) is 13.6. The molecule has 0 spiro atoms. The fourth-order valence-corrected chi connectivity index (χ4v) is 3.37. The van der Waals surface area contributed by atoms with Crippen molar-refractivity contribution in [2.45, 2.75) is 12.8 Å². The van der Waals surface area contributed by atoms with Gasteiger partial charge in [0.2, 0.25) is 5.91 Å². The predicted octanol–water partition coefficient (Wildman–Crippen LogP) is 4.25. The van der Waals surface area contributed by atoms with E-state index in [1.165, 1.54) is 6.08 Å². The summed E-state index contributed by atoms with van der Waals surface area (Å²) in [5.41, 5.74) is 1.52. The summed E-state index contributed by atoms with van der Waals surface area (Å²) in [4.78, 5) is 27.1. The molecular weight excluding hydrogens is 392 g/mol. The summed E-state index contributed by atoms with van der Waals surface area (Å²) in [6, 6.07) is 10.2. The average molecular weight is 415 g/mol. The van der Waals surface area contributed by atoms with Crippen molar-refractivity contribution >= 4 is 35.2 Å². The fourth-order valence-electron chi connectivity index (χ4n) is 3.20. The molecule has 0 aromatic heterocycles. The van der Waals surface area contributed by atoms with E-state index in [1.807, 2.05) is 0 Å². The number of hydrogen-bond acceptors (Lipinski definition) is 4. The molecule has 0 aliphatic carbocycles. The molecule has 0 saturated carbocycles. The number of carbonyl (C=O) groups excluding carboxylic acids is 2. The van der Waals surface area contributed by atoms with Crippen LogP contribution < -0.4 is 14.8 Å². The number of halogens is 1. The lowest BCUT2D eigenvalue weighted by atomic mass is 10.1. The highest BCUT2D eigenvalue weighted by Gasteiger charge is 2.22. The Morgan fingerprint density at radius 3 is 2.52 bits per heavy atom. The minimum atomic E-state index is -0.368. The first-order valence-electron chi connectivity index (χ1n) is 9.31. The van der Waals surface area contributed by atoms with Crippen molar-refractivity contribution in [3.05, 3.63) is 58.6 Å². The molecule has 7 heteroatoms. The monoisotopic (exact) mass is 414 g/mol. The first-order valence-corrected chi connectivity index (χ1v) is 9.69. The van der Waals surface area contributed by atoms with Crippen molar-refractivity contribution in [2.24, 2.45) is 0 Å². The molecule has 1 fully saturated rings. The van der Waals surface area contributed by atoms with Gasteiger partial charge in [0, 0.05) is 29.8 Å². The van der Waals surface area contributed by atoms with Crippen LogP contribution in [0.4, 0.5) is 5.69 Å². The molecular formula is C22H23ClN2O4. The predicted molar refractivity (Wildman–Crippen MR) is 114 cm³/mol.